The number of aromatic nitrogens is 1. The molecule has 1 aliphatic heterocycles. The Balaban J connectivity index is 1.83. The van der Waals surface area contributed by atoms with Crippen LogP contribution in [0.5, 0.6) is 0 Å². The van der Waals surface area contributed by atoms with Crippen LogP contribution < -0.4 is 0 Å². The van der Waals surface area contributed by atoms with Crippen LogP contribution in [0.15, 0.2) is 28.8 Å². The lowest BCUT2D eigenvalue weighted by Gasteiger charge is -2.35. The van der Waals surface area contributed by atoms with E-state index in [1.54, 1.807) is 19.1 Å². The van der Waals surface area contributed by atoms with Crippen LogP contribution in [0.1, 0.15) is 29.0 Å². The second-order valence-corrected chi connectivity index (χ2v) is 6.46. The molecule has 6 heteroatoms. The third-order valence-corrected chi connectivity index (χ3v) is 4.68. The van der Waals surface area contributed by atoms with Gasteiger partial charge in [-0.05, 0) is 58.1 Å². The minimum absolute atomic E-state index is 0.0646. The molecule has 0 spiro atoms. The van der Waals surface area contributed by atoms with Gasteiger partial charge in [0.25, 0.3) is 5.91 Å². The second kappa shape index (κ2) is 6.73. The summed E-state index contributed by atoms with van der Waals surface area (Å²) in [5.41, 5.74) is 1.64. The molecule has 1 fully saturated rings. The van der Waals surface area contributed by atoms with Crippen molar-refractivity contribution in [3.8, 4) is 11.3 Å². The van der Waals surface area contributed by atoms with Gasteiger partial charge in [-0.1, -0.05) is 5.16 Å². The lowest BCUT2D eigenvalue weighted by molar-refractivity contribution is 0.0662. The Hall–Kier alpha value is -2.21. The first kappa shape index (κ1) is 16.6. The molecule has 3 rings (SSSR count). The van der Waals surface area contributed by atoms with Crippen LogP contribution in [0.2, 0.25) is 0 Å². The quantitative estimate of drug-likeness (QED) is 0.868. The molecule has 1 aromatic heterocycles. The van der Waals surface area contributed by atoms with Gasteiger partial charge in [-0.2, -0.15) is 0 Å². The summed E-state index contributed by atoms with van der Waals surface area (Å²) in [6.45, 7) is 3.17. The molecule has 1 aliphatic rings. The van der Waals surface area contributed by atoms with Gasteiger partial charge in [0, 0.05) is 24.7 Å². The van der Waals surface area contributed by atoms with Crippen molar-refractivity contribution in [3.05, 3.63) is 41.4 Å². The SMILES string of the molecule is Cc1onc(-c2ccc(F)cc2)c1C(=O)N1CCC(N(C)C)CC1. The summed E-state index contributed by atoms with van der Waals surface area (Å²) in [6.07, 6.45) is 1.91. The summed E-state index contributed by atoms with van der Waals surface area (Å²) in [5, 5.41) is 4.02. The number of likely N-dealkylation sites (tertiary alicyclic amines) is 1. The third-order valence-electron chi connectivity index (χ3n) is 4.68. The average molecular weight is 331 g/mol. The van der Waals surface area contributed by atoms with Crippen molar-refractivity contribution in [3.63, 3.8) is 0 Å². The number of aryl methyl sites for hydroxylation is 1. The van der Waals surface area contributed by atoms with Gasteiger partial charge in [-0.3, -0.25) is 4.79 Å². The number of carbonyl (C=O) groups excluding carboxylic acids is 1. The number of piperidine rings is 1. The van der Waals surface area contributed by atoms with Gasteiger partial charge in [-0.15, -0.1) is 0 Å². The Bertz CT molecular complexity index is 716. The largest absolute Gasteiger partial charge is 0.360 e. The Morgan fingerprint density at radius 2 is 1.88 bits per heavy atom. The Morgan fingerprint density at radius 3 is 2.46 bits per heavy atom. The highest BCUT2D eigenvalue weighted by Crippen LogP contribution is 2.28. The summed E-state index contributed by atoms with van der Waals surface area (Å²) >= 11 is 0. The van der Waals surface area contributed by atoms with E-state index >= 15 is 0 Å². The van der Waals surface area contributed by atoms with Crippen molar-refractivity contribution in [1.29, 1.82) is 0 Å². The van der Waals surface area contributed by atoms with Crippen molar-refractivity contribution in [2.75, 3.05) is 27.2 Å². The Kier molecular flexibility index (Phi) is 4.66. The molecule has 0 saturated carbocycles. The van der Waals surface area contributed by atoms with E-state index in [1.165, 1.54) is 12.1 Å². The maximum atomic E-state index is 13.1. The molecule has 24 heavy (non-hydrogen) atoms. The minimum Gasteiger partial charge on any atom is -0.360 e. The molecule has 0 unspecified atom stereocenters. The number of hydrogen-bond donors (Lipinski definition) is 0. The summed E-state index contributed by atoms with van der Waals surface area (Å²) < 4.78 is 18.4. The summed E-state index contributed by atoms with van der Waals surface area (Å²) in [6, 6.07) is 6.45. The van der Waals surface area contributed by atoms with Crippen molar-refractivity contribution < 1.29 is 13.7 Å². The molecule has 0 radical (unpaired) electrons. The zero-order chi connectivity index (χ0) is 17.3. The number of benzene rings is 1. The molecule has 1 saturated heterocycles. The third kappa shape index (κ3) is 3.19. The molecule has 5 nitrogen and oxygen atoms in total. The van der Waals surface area contributed by atoms with Gasteiger partial charge in [0.1, 0.15) is 22.8 Å². The van der Waals surface area contributed by atoms with Crippen LogP contribution in [0.25, 0.3) is 11.3 Å². The zero-order valence-corrected chi connectivity index (χ0v) is 14.3. The minimum atomic E-state index is -0.322. The standard InChI is InChI=1S/C18H22FN3O2/c1-12-16(17(20-24-12)13-4-6-14(19)7-5-13)18(23)22-10-8-15(9-11-22)21(2)3/h4-7,15H,8-11H2,1-3H3. The smallest absolute Gasteiger partial charge is 0.259 e. The number of carbonyl (C=O) groups is 1. The van der Waals surface area contributed by atoms with Crippen molar-refractivity contribution in [1.82, 2.24) is 15.0 Å². The number of rotatable bonds is 3. The maximum absolute atomic E-state index is 13.1. The zero-order valence-electron chi connectivity index (χ0n) is 14.3. The van der Waals surface area contributed by atoms with Gasteiger partial charge in [-0.25, -0.2) is 4.39 Å². The van der Waals surface area contributed by atoms with E-state index in [1.807, 2.05) is 4.90 Å². The monoisotopic (exact) mass is 331 g/mol. The van der Waals surface area contributed by atoms with Crippen molar-refractivity contribution >= 4 is 5.91 Å². The maximum Gasteiger partial charge on any atom is 0.259 e. The molecule has 2 heterocycles. The predicted octanol–water partition coefficient (Wildman–Crippen LogP) is 2.96. The molecular weight excluding hydrogens is 309 g/mol. The molecule has 0 bridgehead atoms. The summed E-state index contributed by atoms with van der Waals surface area (Å²) in [5.74, 6) is 0.108. The first-order chi connectivity index (χ1) is 11.5. The van der Waals surface area contributed by atoms with Gasteiger partial charge in [0.2, 0.25) is 0 Å². The van der Waals surface area contributed by atoms with Crippen LogP contribution in [-0.2, 0) is 0 Å². The molecule has 2 aromatic rings. The molecule has 1 aromatic carbocycles. The summed E-state index contributed by atoms with van der Waals surface area (Å²) in [4.78, 5) is 17.0. The van der Waals surface area contributed by atoms with E-state index < -0.39 is 0 Å². The van der Waals surface area contributed by atoms with Crippen LogP contribution >= 0.6 is 0 Å². The predicted molar refractivity (Wildman–Crippen MR) is 89.2 cm³/mol. The second-order valence-electron chi connectivity index (χ2n) is 6.46. The number of halogens is 1. The average Bonchev–Trinajstić information content (AvgIpc) is 2.96. The first-order valence-corrected chi connectivity index (χ1v) is 8.15. The van der Waals surface area contributed by atoms with Crippen LogP contribution in [0.4, 0.5) is 4.39 Å². The molecule has 0 aliphatic carbocycles. The highest BCUT2D eigenvalue weighted by atomic mass is 19.1. The first-order valence-electron chi connectivity index (χ1n) is 8.15. The van der Waals surface area contributed by atoms with Gasteiger partial charge in [0.05, 0.1) is 0 Å². The van der Waals surface area contributed by atoms with E-state index in [0.717, 1.165) is 25.9 Å². The molecule has 1 amide bonds. The van der Waals surface area contributed by atoms with E-state index in [-0.39, 0.29) is 11.7 Å². The Labute approximate surface area is 141 Å². The van der Waals surface area contributed by atoms with E-state index in [9.17, 15) is 9.18 Å². The highest BCUT2D eigenvalue weighted by molar-refractivity contribution is 6.00. The number of nitrogens with zero attached hydrogens (tertiary/aromatic N) is 3. The van der Waals surface area contributed by atoms with Crippen molar-refractivity contribution in [2.24, 2.45) is 0 Å². The van der Waals surface area contributed by atoms with E-state index in [2.05, 4.69) is 24.2 Å². The van der Waals surface area contributed by atoms with E-state index in [0.29, 0.717) is 28.6 Å². The summed E-state index contributed by atoms with van der Waals surface area (Å²) in [7, 11) is 4.14. The number of hydrogen-bond acceptors (Lipinski definition) is 4. The number of amides is 1. The van der Waals surface area contributed by atoms with Gasteiger partial charge in [0.15, 0.2) is 0 Å². The van der Waals surface area contributed by atoms with Gasteiger partial charge < -0.3 is 14.3 Å². The normalized spacial score (nSPS) is 16.0. The van der Waals surface area contributed by atoms with Gasteiger partial charge >= 0.3 is 0 Å². The molecule has 128 valence electrons. The fraction of sp³-hybridized carbons (Fsp3) is 0.444. The molecule has 0 atom stereocenters. The van der Waals surface area contributed by atoms with Crippen LogP contribution in [-0.4, -0.2) is 54.1 Å². The van der Waals surface area contributed by atoms with Crippen LogP contribution in [0, 0.1) is 12.7 Å². The fourth-order valence-electron chi connectivity index (χ4n) is 3.17. The molecule has 0 N–H and O–H groups in total. The van der Waals surface area contributed by atoms with Crippen LogP contribution in [0.3, 0.4) is 0 Å². The van der Waals surface area contributed by atoms with E-state index in [4.69, 9.17) is 4.52 Å². The fourth-order valence-corrected chi connectivity index (χ4v) is 3.17. The molecular formula is C18H22FN3O2. The lowest BCUT2D eigenvalue weighted by Crippen LogP contribution is -2.44. The topological polar surface area (TPSA) is 49.6 Å². The highest BCUT2D eigenvalue weighted by Gasteiger charge is 2.29. The Morgan fingerprint density at radius 1 is 1.25 bits per heavy atom. The van der Waals surface area contributed by atoms with Crippen molar-refractivity contribution in [2.45, 2.75) is 25.8 Å². The lowest BCUT2D eigenvalue weighted by atomic mass is 10.0.